The first-order valence-corrected chi connectivity index (χ1v) is 7.05. The predicted molar refractivity (Wildman–Crippen MR) is 82.7 cm³/mol. The first kappa shape index (κ1) is 15.1. The highest BCUT2D eigenvalue weighted by Gasteiger charge is 2.02. The quantitative estimate of drug-likeness (QED) is 0.561. The van der Waals surface area contributed by atoms with Crippen LogP contribution in [0.15, 0.2) is 52.1 Å². The summed E-state index contributed by atoms with van der Waals surface area (Å²) in [5.41, 5.74) is 1.93. The van der Waals surface area contributed by atoms with E-state index in [9.17, 15) is 5.11 Å². The summed E-state index contributed by atoms with van der Waals surface area (Å²) in [5.74, 6) is 1.58. The maximum Gasteiger partial charge on any atom is 0.191 e. The molecular formula is C16H21N3O2. The van der Waals surface area contributed by atoms with Crippen LogP contribution in [0, 0.1) is 0 Å². The van der Waals surface area contributed by atoms with Gasteiger partial charge in [-0.3, -0.25) is 0 Å². The number of hydrogen-bond donors (Lipinski definition) is 3. The summed E-state index contributed by atoms with van der Waals surface area (Å²) in [6.07, 6.45) is 1.65. The van der Waals surface area contributed by atoms with Crippen LogP contribution < -0.4 is 10.6 Å². The van der Waals surface area contributed by atoms with E-state index >= 15 is 0 Å². The Kier molecular flexibility index (Phi) is 5.84. The highest BCUT2D eigenvalue weighted by Crippen LogP contribution is 2.09. The van der Waals surface area contributed by atoms with Gasteiger partial charge in [0.05, 0.1) is 26.0 Å². The van der Waals surface area contributed by atoms with Gasteiger partial charge in [0.1, 0.15) is 5.76 Å². The second-order valence-corrected chi connectivity index (χ2v) is 4.55. The fourth-order valence-electron chi connectivity index (χ4n) is 1.96. The minimum atomic E-state index is 0.0298. The molecule has 2 aromatic rings. The van der Waals surface area contributed by atoms with Crippen molar-refractivity contribution in [2.75, 3.05) is 6.54 Å². The molecule has 0 amide bonds. The zero-order chi connectivity index (χ0) is 14.9. The summed E-state index contributed by atoms with van der Waals surface area (Å²) in [4.78, 5) is 4.53. The van der Waals surface area contributed by atoms with Crippen LogP contribution in [0.3, 0.4) is 0 Å². The number of nitrogens with one attached hydrogen (secondary N) is 2. The molecule has 0 bridgehead atoms. The average molecular weight is 287 g/mol. The maximum absolute atomic E-state index is 9.32. The molecule has 21 heavy (non-hydrogen) atoms. The summed E-state index contributed by atoms with van der Waals surface area (Å²) in [6, 6.07) is 11.5. The lowest BCUT2D eigenvalue weighted by Gasteiger charge is -2.11. The van der Waals surface area contributed by atoms with E-state index in [1.807, 2.05) is 43.3 Å². The van der Waals surface area contributed by atoms with Gasteiger partial charge < -0.3 is 20.2 Å². The highest BCUT2D eigenvalue weighted by atomic mass is 16.3. The van der Waals surface area contributed by atoms with Crippen LogP contribution in [0.2, 0.25) is 0 Å². The molecule has 0 fully saturated rings. The first-order valence-electron chi connectivity index (χ1n) is 7.05. The van der Waals surface area contributed by atoms with Gasteiger partial charge in [-0.1, -0.05) is 24.3 Å². The van der Waals surface area contributed by atoms with E-state index in [1.54, 1.807) is 6.26 Å². The Morgan fingerprint density at radius 2 is 1.95 bits per heavy atom. The van der Waals surface area contributed by atoms with Crippen LogP contribution in [0.25, 0.3) is 0 Å². The van der Waals surface area contributed by atoms with Gasteiger partial charge in [0.25, 0.3) is 0 Å². The van der Waals surface area contributed by atoms with Crippen LogP contribution in [-0.2, 0) is 19.7 Å². The fourth-order valence-corrected chi connectivity index (χ4v) is 1.96. The van der Waals surface area contributed by atoms with E-state index in [2.05, 4.69) is 15.6 Å². The molecule has 0 saturated heterocycles. The molecule has 0 aliphatic carbocycles. The largest absolute Gasteiger partial charge is 0.467 e. The van der Waals surface area contributed by atoms with Crippen LogP contribution in [0.5, 0.6) is 0 Å². The van der Waals surface area contributed by atoms with Crippen molar-refractivity contribution in [3.05, 3.63) is 59.5 Å². The summed E-state index contributed by atoms with van der Waals surface area (Å²) >= 11 is 0. The van der Waals surface area contributed by atoms with Crippen molar-refractivity contribution in [1.29, 1.82) is 0 Å². The molecule has 5 heteroatoms. The number of benzene rings is 1. The molecule has 1 heterocycles. The van der Waals surface area contributed by atoms with Crippen molar-refractivity contribution in [3.8, 4) is 0 Å². The Morgan fingerprint density at radius 1 is 1.14 bits per heavy atom. The van der Waals surface area contributed by atoms with Crippen LogP contribution in [0.1, 0.15) is 23.8 Å². The van der Waals surface area contributed by atoms with Crippen molar-refractivity contribution in [3.63, 3.8) is 0 Å². The summed E-state index contributed by atoms with van der Waals surface area (Å²) < 4.78 is 5.28. The van der Waals surface area contributed by atoms with Gasteiger partial charge in [0.2, 0.25) is 0 Å². The minimum Gasteiger partial charge on any atom is -0.467 e. The smallest absolute Gasteiger partial charge is 0.191 e. The molecule has 5 nitrogen and oxygen atoms in total. The Morgan fingerprint density at radius 3 is 2.62 bits per heavy atom. The molecule has 2 rings (SSSR count). The highest BCUT2D eigenvalue weighted by molar-refractivity contribution is 5.79. The summed E-state index contributed by atoms with van der Waals surface area (Å²) in [7, 11) is 0. The molecular weight excluding hydrogens is 266 g/mol. The number of guanidine groups is 1. The van der Waals surface area contributed by atoms with E-state index in [1.165, 1.54) is 0 Å². The lowest BCUT2D eigenvalue weighted by molar-refractivity contribution is 0.280. The number of hydrogen-bond acceptors (Lipinski definition) is 3. The van der Waals surface area contributed by atoms with E-state index in [-0.39, 0.29) is 6.61 Å². The molecule has 1 aromatic carbocycles. The Bertz CT molecular complexity index is 565. The minimum absolute atomic E-state index is 0.0298. The Balaban J connectivity index is 1.99. The van der Waals surface area contributed by atoms with Crippen molar-refractivity contribution >= 4 is 5.96 Å². The van der Waals surface area contributed by atoms with E-state index in [0.717, 1.165) is 29.4 Å². The third-order valence-corrected chi connectivity index (χ3v) is 3.05. The van der Waals surface area contributed by atoms with E-state index < -0.39 is 0 Å². The van der Waals surface area contributed by atoms with Crippen LogP contribution in [-0.4, -0.2) is 17.6 Å². The van der Waals surface area contributed by atoms with E-state index in [0.29, 0.717) is 13.1 Å². The van der Waals surface area contributed by atoms with Crippen molar-refractivity contribution in [2.45, 2.75) is 26.6 Å². The van der Waals surface area contributed by atoms with Crippen LogP contribution in [0.4, 0.5) is 0 Å². The normalized spacial score (nSPS) is 11.4. The lowest BCUT2D eigenvalue weighted by atomic mass is 10.1. The molecule has 0 aliphatic heterocycles. The lowest BCUT2D eigenvalue weighted by Crippen LogP contribution is -2.36. The summed E-state index contributed by atoms with van der Waals surface area (Å²) in [6.45, 7) is 3.93. The molecule has 1 aromatic heterocycles. The molecule has 0 saturated carbocycles. The molecule has 0 radical (unpaired) electrons. The molecule has 0 atom stereocenters. The second-order valence-electron chi connectivity index (χ2n) is 4.55. The van der Waals surface area contributed by atoms with Gasteiger partial charge in [-0.25, -0.2) is 4.99 Å². The van der Waals surface area contributed by atoms with Gasteiger partial charge in [-0.15, -0.1) is 0 Å². The third kappa shape index (κ3) is 4.65. The number of aliphatic imine (C=N–C) groups is 1. The van der Waals surface area contributed by atoms with Gasteiger partial charge in [0, 0.05) is 6.54 Å². The average Bonchev–Trinajstić information content (AvgIpc) is 3.03. The number of aliphatic hydroxyl groups excluding tert-OH is 1. The van der Waals surface area contributed by atoms with Crippen molar-refractivity contribution < 1.29 is 9.52 Å². The molecule has 0 unspecified atom stereocenters. The number of nitrogens with zero attached hydrogens (tertiary/aromatic N) is 1. The Labute approximate surface area is 124 Å². The standard InChI is InChI=1S/C16H21N3O2/c1-2-17-16(19-11-15-8-5-9-21-15)18-10-13-6-3-4-7-14(13)12-20/h3-9,20H,2,10-12H2,1H3,(H2,17,18,19). The van der Waals surface area contributed by atoms with Gasteiger partial charge in [-0.05, 0) is 30.2 Å². The molecule has 0 aliphatic rings. The number of rotatable bonds is 6. The summed E-state index contributed by atoms with van der Waals surface area (Å²) in [5, 5.41) is 15.7. The third-order valence-electron chi connectivity index (χ3n) is 3.05. The SMILES string of the molecule is CCNC(=NCc1ccccc1CO)NCc1ccco1. The number of furan rings is 1. The zero-order valence-electron chi connectivity index (χ0n) is 12.2. The van der Waals surface area contributed by atoms with Gasteiger partial charge in [0.15, 0.2) is 5.96 Å². The fraction of sp³-hybridized carbons (Fsp3) is 0.312. The topological polar surface area (TPSA) is 69.8 Å². The monoisotopic (exact) mass is 287 g/mol. The van der Waals surface area contributed by atoms with Gasteiger partial charge >= 0.3 is 0 Å². The van der Waals surface area contributed by atoms with Gasteiger partial charge in [-0.2, -0.15) is 0 Å². The molecule has 0 spiro atoms. The zero-order valence-corrected chi connectivity index (χ0v) is 12.2. The van der Waals surface area contributed by atoms with Crippen molar-refractivity contribution in [1.82, 2.24) is 10.6 Å². The van der Waals surface area contributed by atoms with E-state index in [4.69, 9.17) is 4.42 Å². The Hall–Kier alpha value is -2.27. The predicted octanol–water partition coefficient (Wildman–Crippen LogP) is 2.03. The maximum atomic E-state index is 9.32. The molecule has 3 N–H and O–H groups in total. The second kappa shape index (κ2) is 8.11. The number of aliphatic hydroxyl groups is 1. The molecule has 112 valence electrons. The first-order chi connectivity index (χ1) is 10.3. The van der Waals surface area contributed by atoms with Crippen LogP contribution >= 0.6 is 0 Å². The van der Waals surface area contributed by atoms with Crippen molar-refractivity contribution in [2.24, 2.45) is 4.99 Å².